The lowest BCUT2D eigenvalue weighted by atomic mass is 9.83. The molecule has 2 aliphatic rings. The van der Waals surface area contributed by atoms with Crippen molar-refractivity contribution in [3.63, 3.8) is 0 Å². The van der Waals surface area contributed by atoms with Crippen molar-refractivity contribution in [3.8, 4) is 5.75 Å². The maximum absolute atomic E-state index is 11.9. The van der Waals surface area contributed by atoms with E-state index in [9.17, 15) is 4.79 Å². The van der Waals surface area contributed by atoms with Crippen molar-refractivity contribution in [2.24, 2.45) is 5.92 Å². The van der Waals surface area contributed by atoms with Gasteiger partial charge in [-0.2, -0.15) is 0 Å². The summed E-state index contributed by atoms with van der Waals surface area (Å²) in [6, 6.07) is 5.75. The highest BCUT2D eigenvalue weighted by atomic mass is 35.5. The Morgan fingerprint density at radius 3 is 2.45 bits per heavy atom. The Bertz CT molecular complexity index is 683. The number of carbonyl (C=O) groups is 1. The van der Waals surface area contributed by atoms with Crippen LogP contribution in [-0.4, -0.2) is 69.4 Å². The minimum absolute atomic E-state index is 0.177. The van der Waals surface area contributed by atoms with Gasteiger partial charge >= 0.3 is 6.09 Å². The van der Waals surface area contributed by atoms with Crippen molar-refractivity contribution < 1.29 is 19.0 Å². The number of ether oxygens (including phenoxy) is 3. The fraction of sp³-hybridized carbons (Fsp3) is 0.682. The molecular weight excluding hydrogens is 392 g/mol. The molecule has 162 valence electrons. The van der Waals surface area contributed by atoms with E-state index in [1.807, 2.05) is 30.0 Å². The van der Waals surface area contributed by atoms with Crippen molar-refractivity contribution in [1.29, 1.82) is 0 Å². The van der Waals surface area contributed by atoms with Crippen LogP contribution in [0.2, 0.25) is 5.02 Å². The van der Waals surface area contributed by atoms with E-state index in [0.29, 0.717) is 17.5 Å². The summed E-state index contributed by atoms with van der Waals surface area (Å²) in [6.45, 7) is 6.88. The van der Waals surface area contributed by atoms with Crippen LogP contribution in [0.5, 0.6) is 5.75 Å². The van der Waals surface area contributed by atoms with Crippen LogP contribution >= 0.6 is 11.6 Å². The molecule has 1 aromatic rings. The molecule has 0 spiro atoms. The van der Waals surface area contributed by atoms with Crippen molar-refractivity contribution in [2.45, 2.75) is 38.2 Å². The van der Waals surface area contributed by atoms with Crippen LogP contribution < -0.4 is 4.74 Å². The summed E-state index contributed by atoms with van der Waals surface area (Å²) in [5.74, 6) is 1.45. The quantitative estimate of drug-likeness (QED) is 0.686. The Balaban J connectivity index is 1.55. The summed E-state index contributed by atoms with van der Waals surface area (Å²) in [4.78, 5) is 16.2. The maximum Gasteiger partial charge on any atom is 0.409 e. The molecule has 2 aliphatic heterocycles. The van der Waals surface area contributed by atoms with Gasteiger partial charge in [0.1, 0.15) is 5.75 Å². The number of methoxy groups -OCH3 is 2. The maximum atomic E-state index is 11.9. The van der Waals surface area contributed by atoms with Crippen molar-refractivity contribution >= 4 is 17.7 Å². The van der Waals surface area contributed by atoms with Crippen LogP contribution in [0.3, 0.4) is 0 Å². The number of rotatable bonds is 6. The Kier molecular flexibility index (Phi) is 7.66. The second-order valence-electron chi connectivity index (χ2n) is 7.97. The monoisotopic (exact) mass is 424 g/mol. The van der Waals surface area contributed by atoms with Crippen molar-refractivity contribution in [3.05, 3.63) is 28.8 Å². The van der Waals surface area contributed by atoms with E-state index in [4.69, 9.17) is 25.8 Å². The lowest BCUT2D eigenvalue weighted by molar-refractivity contribution is -0.0664. The van der Waals surface area contributed by atoms with Crippen molar-refractivity contribution in [1.82, 2.24) is 9.80 Å². The summed E-state index contributed by atoms with van der Waals surface area (Å²) >= 11 is 6.26. The first-order valence-corrected chi connectivity index (χ1v) is 10.9. The third-order valence-corrected chi connectivity index (χ3v) is 6.60. The van der Waals surface area contributed by atoms with E-state index >= 15 is 0 Å². The number of carbonyl (C=O) groups excluding carboxylic acids is 1. The van der Waals surface area contributed by atoms with Crippen molar-refractivity contribution in [2.75, 3.05) is 53.6 Å². The molecule has 29 heavy (non-hydrogen) atoms. The van der Waals surface area contributed by atoms with Gasteiger partial charge in [0.15, 0.2) is 0 Å². The third-order valence-electron chi connectivity index (χ3n) is 6.36. The predicted molar refractivity (Wildman–Crippen MR) is 114 cm³/mol. The summed E-state index contributed by atoms with van der Waals surface area (Å²) in [7, 11) is 3.47. The summed E-state index contributed by atoms with van der Waals surface area (Å²) in [5.41, 5.74) is 0.678. The van der Waals surface area contributed by atoms with E-state index in [1.165, 1.54) is 0 Å². The second kappa shape index (κ2) is 10.0. The van der Waals surface area contributed by atoms with Crippen LogP contribution in [0.25, 0.3) is 0 Å². The first-order chi connectivity index (χ1) is 14.0. The molecule has 2 saturated heterocycles. The van der Waals surface area contributed by atoms with Gasteiger partial charge < -0.3 is 24.0 Å². The zero-order valence-electron chi connectivity index (χ0n) is 17.8. The molecule has 0 aromatic heterocycles. The lowest BCUT2D eigenvalue weighted by Crippen LogP contribution is -2.47. The van der Waals surface area contributed by atoms with Gasteiger partial charge in [-0.15, -0.1) is 0 Å². The minimum atomic E-state index is -0.361. The number of amides is 1. The van der Waals surface area contributed by atoms with Gasteiger partial charge in [-0.05, 0) is 56.7 Å². The second-order valence-corrected chi connectivity index (χ2v) is 8.41. The Hall–Kier alpha value is -1.50. The number of nitrogens with zero attached hydrogens (tertiary/aromatic N) is 2. The van der Waals surface area contributed by atoms with Crippen LogP contribution in [0, 0.1) is 5.92 Å². The number of piperidine rings is 2. The smallest absolute Gasteiger partial charge is 0.409 e. The first kappa shape index (κ1) is 22.2. The molecule has 3 rings (SSSR count). The van der Waals surface area contributed by atoms with Gasteiger partial charge in [-0.3, -0.25) is 0 Å². The first-order valence-electron chi connectivity index (χ1n) is 10.5. The molecule has 1 aromatic carbocycles. The van der Waals surface area contributed by atoms with Crippen LogP contribution in [0.4, 0.5) is 4.79 Å². The summed E-state index contributed by atoms with van der Waals surface area (Å²) < 4.78 is 16.7. The normalized spacial score (nSPS) is 20.5. The molecule has 2 fully saturated rings. The van der Waals surface area contributed by atoms with E-state index in [2.05, 4.69) is 4.90 Å². The van der Waals surface area contributed by atoms with E-state index < -0.39 is 0 Å². The molecule has 7 heteroatoms. The van der Waals surface area contributed by atoms with E-state index in [0.717, 1.165) is 69.7 Å². The van der Waals surface area contributed by atoms with Crippen LogP contribution in [0.1, 0.15) is 38.2 Å². The van der Waals surface area contributed by atoms with E-state index in [-0.39, 0.29) is 11.7 Å². The fourth-order valence-corrected chi connectivity index (χ4v) is 4.77. The molecule has 0 bridgehead atoms. The number of benzene rings is 1. The number of halogens is 1. The predicted octanol–water partition coefficient (Wildman–Crippen LogP) is 4.15. The molecule has 0 saturated carbocycles. The third kappa shape index (κ3) is 5.16. The summed E-state index contributed by atoms with van der Waals surface area (Å²) in [6.07, 6.45) is 3.70. The molecule has 0 N–H and O–H groups in total. The van der Waals surface area contributed by atoms with E-state index in [1.54, 1.807) is 14.2 Å². The van der Waals surface area contributed by atoms with Gasteiger partial charge in [0.05, 0.1) is 19.3 Å². The minimum Gasteiger partial charge on any atom is -0.496 e. The van der Waals surface area contributed by atoms with Gasteiger partial charge in [0.25, 0.3) is 0 Å². The molecule has 0 radical (unpaired) electrons. The van der Waals surface area contributed by atoms with Crippen LogP contribution in [-0.2, 0) is 15.1 Å². The molecule has 1 amide bonds. The highest BCUT2D eigenvalue weighted by Crippen LogP contribution is 2.42. The Labute approximate surface area is 179 Å². The van der Waals surface area contributed by atoms with Gasteiger partial charge in [0.2, 0.25) is 0 Å². The fourth-order valence-electron chi connectivity index (χ4n) is 4.59. The van der Waals surface area contributed by atoms with Gasteiger partial charge in [-0.1, -0.05) is 11.6 Å². The molecule has 0 unspecified atom stereocenters. The molecule has 2 heterocycles. The Morgan fingerprint density at radius 2 is 1.86 bits per heavy atom. The zero-order chi connectivity index (χ0) is 20.9. The largest absolute Gasteiger partial charge is 0.496 e. The number of hydrogen-bond acceptors (Lipinski definition) is 5. The average molecular weight is 425 g/mol. The summed E-state index contributed by atoms with van der Waals surface area (Å²) in [5, 5.41) is 0.702. The molecule has 0 aliphatic carbocycles. The highest BCUT2D eigenvalue weighted by molar-refractivity contribution is 6.30. The Morgan fingerprint density at radius 1 is 1.17 bits per heavy atom. The highest BCUT2D eigenvalue weighted by Gasteiger charge is 2.39. The van der Waals surface area contributed by atoms with Gasteiger partial charge in [-0.25, -0.2) is 4.79 Å². The molecule has 6 nitrogen and oxygen atoms in total. The molecule has 0 atom stereocenters. The standard InChI is InChI=1S/C22H33ClN2O4/c1-4-29-21(26)25-11-7-17(8-12-25)16-24-13-9-22(28-3,10-14-24)19-15-18(23)5-6-20(19)27-2/h5-6,15,17H,4,7-14,16H2,1-3H3. The zero-order valence-corrected chi connectivity index (χ0v) is 18.5. The number of hydrogen-bond donors (Lipinski definition) is 0. The average Bonchev–Trinajstić information content (AvgIpc) is 2.75. The van der Waals surface area contributed by atoms with Crippen LogP contribution in [0.15, 0.2) is 18.2 Å². The SMILES string of the molecule is CCOC(=O)N1CCC(CN2CCC(OC)(c3cc(Cl)ccc3OC)CC2)CC1. The topological polar surface area (TPSA) is 51.2 Å². The van der Waals surface area contributed by atoms with Gasteiger partial charge in [0, 0.05) is 50.4 Å². The lowest BCUT2D eigenvalue weighted by Gasteiger charge is -2.43. The number of likely N-dealkylation sites (tertiary alicyclic amines) is 2. The molecular formula is C22H33ClN2O4.